The zero-order valence-corrected chi connectivity index (χ0v) is 13.4. The molecule has 23 heavy (non-hydrogen) atoms. The number of esters is 1. The number of aliphatic hydroxyl groups excluding tert-OH is 1. The molecule has 126 valence electrons. The third kappa shape index (κ3) is 3.89. The van der Waals surface area contributed by atoms with Crippen LogP contribution in [0.1, 0.15) is 29.6 Å². The summed E-state index contributed by atoms with van der Waals surface area (Å²) in [5.41, 5.74) is 0.331. The van der Waals surface area contributed by atoms with Crippen LogP contribution in [0.15, 0.2) is 30.3 Å². The summed E-state index contributed by atoms with van der Waals surface area (Å²) in [5.74, 6) is -1.49. The van der Waals surface area contributed by atoms with Crippen molar-refractivity contribution in [3.05, 3.63) is 35.9 Å². The number of nitrogens with zero attached hydrogens (tertiary/aromatic N) is 1. The van der Waals surface area contributed by atoms with E-state index in [2.05, 4.69) is 4.90 Å². The van der Waals surface area contributed by atoms with E-state index in [-0.39, 0.29) is 17.9 Å². The molecule has 0 aliphatic carbocycles. The predicted octanol–water partition coefficient (Wildman–Crippen LogP) is 1.39. The van der Waals surface area contributed by atoms with E-state index in [0.717, 1.165) is 12.8 Å². The topological polar surface area (TPSA) is 87.1 Å². The molecule has 0 saturated carbocycles. The molecule has 2 bridgehead atoms. The fourth-order valence-corrected chi connectivity index (χ4v) is 3.47. The van der Waals surface area contributed by atoms with E-state index < -0.39 is 12.1 Å². The number of benzene rings is 1. The van der Waals surface area contributed by atoms with Crippen molar-refractivity contribution in [1.82, 2.24) is 4.90 Å². The second kappa shape index (κ2) is 7.57. The Labute approximate surface area is 135 Å². The van der Waals surface area contributed by atoms with E-state index in [0.29, 0.717) is 18.0 Å². The molecule has 2 N–H and O–H groups in total. The molecule has 1 aromatic rings. The lowest BCUT2D eigenvalue weighted by Crippen LogP contribution is -2.52. The first-order valence-electron chi connectivity index (χ1n) is 7.72. The van der Waals surface area contributed by atoms with Crippen LogP contribution < -0.4 is 0 Å². The van der Waals surface area contributed by atoms with E-state index in [1.54, 1.807) is 30.3 Å². The summed E-state index contributed by atoms with van der Waals surface area (Å²) in [6, 6.07) is 8.93. The average Bonchev–Trinajstić information content (AvgIpc) is 2.80. The molecule has 2 saturated heterocycles. The first-order chi connectivity index (χ1) is 11.0. The Hall–Kier alpha value is -1.92. The van der Waals surface area contributed by atoms with E-state index in [4.69, 9.17) is 9.84 Å². The number of ether oxygens (including phenoxy) is 1. The van der Waals surface area contributed by atoms with Crippen molar-refractivity contribution in [3.63, 3.8) is 0 Å². The SMILES string of the molecule is COC(=O)[C@H]1[C@@H](O)C[C@H]2CC[C@@H]1N2C.O=C(O)c1ccccc1. The summed E-state index contributed by atoms with van der Waals surface area (Å²) in [4.78, 5) is 23.9. The van der Waals surface area contributed by atoms with Crippen LogP contribution in [0.3, 0.4) is 0 Å². The van der Waals surface area contributed by atoms with E-state index in [9.17, 15) is 14.7 Å². The smallest absolute Gasteiger partial charge is 0.335 e. The van der Waals surface area contributed by atoms with Crippen molar-refractivity contribution in [3.8, 4) is 0 Å². The van der Waals surface area contributed by atoms with Gasteiger partial charge in [-0.05, 0) is 38.4 Å². The molecule has 0 unspecified atom stereocenters. The highest BCUT2D eigenvalue weighted by molar-refractivity contribution is 5.87. The number of carboxylic acid groups (broad SMARTS) is 1. The molecule has 2 aliphatic heterocycles. The van der Waals surface area contributed by atoms with Crippen molar-refractivity contribution in [1.29, 1.82) is 0 Å². The Balaban J connectivity index is 0.000000185. The quantitative estimate of drug-likeness (QED) is 0.801. The highest BCUT2D eigenvalue weighted by Crippen LogP contribution is 2.38. The molecule has 2 fully saturated rings. The van der Waals surface area contributed by atoms with Gasteiger partial charge in [-0.3, -0.25) is 9.69 Å². The minimum absolute atomic E-state index is 0.177. The maximum Gasteiger partial charge on any atom is 0.335 e. The molecule has 6 heteroatoms. The molecule has 0 amide bonds. The predicted molar refractivity (Wildman–Crippen MR) is 84.1 cm³/mol. The van der Waals surface area contributed by atoms with Crippen molar-refractivity contribution >= 4 is 11.9 Å². The number of rotatable bonds is 2. The molecule has 2 aliphatic rings. The average molecular weight is 321 g/mol. The molecule has 0 aromatic heterocycles. The van der Waals surface area contributed by atoms with Gasteiger partial charge in [0.25, 0.3) is 0 Å². The van der Waals surface area contributed by atoms with Gasteiger partial charge in [-0.25, -0.2) is 4.79 Å². The number of fused-ring (bicyclic) bond motifs is 2. The van der Waals surface area contributed by atoms with Gasteiger partial charge in [0.1, 0.15) is 0 Å². The lowest BCUT2D eigenvalue weighted by Gasteiger charge is -2.39. The van der Waals surface area contributed by atoms with Gasteiger partial charge < -0.3 is 14.9 Å². The summed E-state index contributed by atoms with van der Waals surface area (Å²) in [6.45, 7) is 0. The maximum absolute atomic E-state index is 11.5. The second-order valence-corrected chi connectivity index (χ2v) is 5.99. The van der Waals surface area contributed by atoms with Crippen LogP contribution in [0.25, 0.3) is 0 Å². The Morgan fingerprint density at radius 1 is 1.22 bits per heavy atom. The normalized spacial score (nSPS) is 29.3. The number of carbonyl (C=O) groups is 2. The highest BCUT2D eigenvalue weighted by Gasteiger charge is 2.48. The number of aromatic carboxylic acids is 1. The molecular formula is C17H23NO5. The van der Waals surface area contributed by atoms with Crippen molar-refractivity contribution in [2.75, 3.05) is 14.2 Å². The largest absolute Gasteiger partial charge is 0.478 e. The number of hydrogen-bond donors (Lipinski definition) is 2. The third-order valence-electron chi connectivity index (χ3n) is 4.73. The van der Waals surface area contributed by atoms with Crippen molar-refractivity contribution in [2.24, 2.45) is 5.92 Å². The van der Waals surface area contributed by atoms with E-state index in [1.165, 1.54) is 7.11 Å². The van der Waals surface area contributed by atoms with Gasteiger partial charge >= 0.3 is 11.9 Å². The zero-order valence-electron chi connectivity index (χ0n) is 13.4. The minimum Gasteiger partial charge on any atom is -0.478 e. The molecule has 0 radical (unpaired) electrons. The van der Waals surface area contributed by atoms with E-state index in [1.807, 2.05) is 7.05 Å². The number of carboxylic acids is 1. The lowest BCUT2D eigenvalue weighted by atomic mass is 9.88. The first kappa shape index (κ1) is 17.4. The van der Waals surface area contributed by atoms with Crippen molar-refractivity contribution < 1.29 is 24.5 Å². The highest BCUT2D eigenvalue weighted by atomic mass is 16.5. The summed E-state index contributed by atoms with van der Waals surface area (Å²) in [7, 11) is 3.42. The standard InChI is InChI=1S/C10H17NO3.C7H6O2/c1-11-6-3-4-7(11)9(8(12)5-6)10(13)14-2;8-7(9)6-4-2-1-3-5-6/h6-9,12H,3-5H2,1-2H3;1-5H,(H,8,9)/t6-,7+,8+,9-;/m1./s1. The van der Waals surface area contributed by atoms with Gasteiger partial charge in [0.05, 0.1) is 24.7 Å². The van der Waals surface area contributed by atoms with Crippen LogP contribution in [0.2, 0.25) is 0 Å². The fourth-order valence-electron chi connectivity index (χ4n) is 3.47. The third-order valence-corrected chi connectivity index (χ3v) is 4.73. The monoisotopic (exact) mass is 321 g/mol. The van der Waals surface area contributed by atoms with Gasteiger partial charge in [0.2, 0.25) is 0 Å². The van der Waals surface area contributed by atoms with Gasteiger partial charge in [-0.1, -0.05) is 18.2 Å². The molecule has 1 aromatic carbocycles. The number of methoxy groups -OCH3 is 1. The molecule has 0 spiro atoms. The van der Waals surface area contributed by atoms with Gasteiger partial charge in [0, 0.05) is 12.1 Å². The Kier molecular flexibility index (Phi) is 5.74. The Bertz CT molecular complexity index is 547. The molecule has 6 nitrogen and oxygen atoms in total. The number of piperidine rings is 1. The van der Waals surface area contributed by atoms with Crippen LogP contribution in [0, 0.1) is 5.92 Å². The molecular weight excluding hydrogens is 298 g/mol. The van der Waals surface area contributed by atoms with Gasteiger partial charge in [0.15, 0.2) is 0 Å². The second-order valence-electron chi connectivity index (χ2n) is 5.99. The maximum atomic E-state index is 11.5. The summed E-state index contributed by atoms with van der Waals surface area (Å²) < 4.78 is 4.73. The van der Waals surface area contributed by atoms with Gasteiger partial charge in [-0.15, -0.1) is 0 Å². The summed E-state index contributed by atoms with van der Waals surface area (Å²) in [6.07, 6.45) is 2.27. The summed E-state index contributed by atoms with van der Waals surface area (Å²) >= 11 is 0. The van der Waals surface area contributed by atoms with Crippen LogP contribution >= 0.6 is 0 Å². The Morgan fingerprint density at radius 3 is 2.39 bits per heavy atom. The van der Waals surface area contributed by atoms with Gasteiger partial charge in [-0.2, -0.15) is 0 Å². The number of hydrogen-bond acceptors (Lipinski definition) is 5. The van der Waals surface area contributed by atoms with Crippen LogP contribution in [-0.2, 0) is 9.53 Å². The zero-order chi connectivity index (χ0) is 17.0. The van der Waals surface area contributed by atoms with Crippen molar-refractivity contribution in [2.45, 2.75) is 37.5 Å². The first-order valence-corrected chi connectivity index (χ1v) is 7.72. The fraction of sp³-hybridized carbons (Fsp3) is 0.529. The number of aliphatic hydroxyl groups is 1. The molecule has 4 atom stereocenters. The summed E-state index contributed by atoms with van der Waals surface area (Å²) in [5, 5.41) is 18.2. The number of carbonyl (C=O) groups excluding carboxylic acids is 1. The van der Waals surface area contributed by atoms with E-state index >= 15 is 0 Å². The lowest BCUT2D eigenvalue weighted by molar-refractivity contribution is -0.155. The van der Waals surface area contributed by atoms with Crippen LogP contribution in [0.4, 0.5) is 0 Å². The Morgan fingerprint density at radius 2 is 1.87 bits per heavy atom. The molecule has 2 heterocycles. The van der Waals surface area contributed by atoms with Crippen LogP contribution in [0.5, 0.6) is 0 Å². The minimum atomic E-state index is -0.879. The molecule has 3 rings (SSSR count). The van der Waals surface area contributed by atoms with Crippen LogP contribution in [-0.4, -0.2) is 59.4 Å².